The van der Waals surface area contributed by atoms with E-state index in [-0.39, 0.29) is 0 Å². The van der Waals surface area contributed by atoms with Crippen molar-refractivity contribution in [3.63, 3.8) is 0 Å². The number of benzene rings is 1. The third kappa shape index (κ3) is 1.09. The highest BCUT2D eigenvalue weighted by molar-refractivity contribution is 5.41. The third-order valence-corrected chi connectivity index (χ3v) is 1.66. The highest BCUT2D eigenvalue weighted by Gasteiger charge is 1.98. The Morgan fingerprint density at radius 3 is 2.75 bits per heavy atom. The first-order chi connectivity index (χ1) is 5.88. The van der Waals surface area contributed by atoms with E-state index in [1.807, 2.05) is 24.3 Å². The number of para-hydroxylation sites is 1. The quantitative estimate of drug-likeness (QED) is 0.628. The van der Waals surface area contributed by atoms with Crippen molar-refractivity contribution in [3.05, 3.63) is 49.4 Å². The van der Waals surface area contributed by atoms with Gasteiger partial charge in [-0.25, -0.2) is 9.67 Å². The van der Waals surface area contributed by atoms with E-state index in [4.69, 9.17) is 0 Å². The minimum Gasteiger partial charge on any atom is -0.223 e. The molecule has 0 unspecified atom stereocenters. The zero-order valence-corrected chi connectivity index (χ0v) is 6.51. The van der Waals surface area contributed by atoms with Gasteiger partial charge in [-0.1, -0.05) is 18.2 Å². The Morgan fingerprint density at radius 1 is 1.25 bits per heavy atom. The molecule has 0 saturated heterocycles. The zero-order valence-electron chi connectivity index (χ0n) is 6.51. The van der Waals surface area contributed by atoms with Gasteiger partial charge in [0, 0.05) is 0 Å². The lowest BCUT2D eigenvalue weighted by molar-refractivity contribution is 0.875. The molecule has 0 N–H and O–H groups in total. The van der Waals surface area contributed by atoms with Gasteiger partial charge >= 0.3 is 0 Å². The molecule has 0 aliphatic heterocycles. The predicted octanol–water partition coefficient (Wildman–Crippen LogP) is 1.45. The fraction of sp³-hybridized carbons (Fsp3) is 0. The van der Waals surface area contributed by atoms with Crippen LogP contribution in [0.15, 0.2) is 36.9 Å². The van der Waals surface area contributed by atoms with Crippen molar-refractivity contribution < 1.29 is 0 Å². The van der Waals surface area contributed by atoms with E-state index in [0.29, 0.717) is 0 Å². The van der Waals surface area contributed by atoms with Gasteiger partial charge in [0.1, 0.15) is 12.7 Å². The molecule has 0 spiro atoms. The molecule has 2 aromatic rings. The summed E-state index contributed by atoms with van der Waals surface area (Å²) in [5.74, 6) is 0. The molecule has 1 aromatic carbocycles. The van der Waals surface area contributed by atoms with Gasteiger partial charge in [-0.15, -0.1) is 0 Å². The lowest BCUT2D eigenvalue weighted by atomic mass is 10.2. The van der Waals surface area contributed by atoms with Crippen LogP contribution in [0.5, 0.6) is 0 Å². The molecule has 0 aliphatic rings. The van der Waals surface area contributed by atoms with Crippen LogP contribution in [0.2, 0.25) is 0 Å². The number of rotatable bonds is 1. The van der Waals surface area contributed by atoms with Crippen LogP contribution in [-0.4, -0.2) is 14.8 Å². The van der Waals surface area contributed by atoms with Crippen LogP contribution in [0, 0.1) is 6.92 Å². The molecule has 0 fully saturated rings. The smallest absolute Gasteiger partial charge is 0.138 e. The van der Waals surface area contributed by atoms with E-state index >= 15 is 0 Å². The predicted molar refractivity (Wildman–Crippen MR) is 45.8 cm³/mol. The average Bonchev–Trinajstić information content (AvgIpc) is 2.57. The fourth-order valence-corrected chi connectivity index (χ4v) is 1.07. The lowest BCUT2D eigenvalue weighted by Gasteiger charge is -2.02. The van der Waals surface area contributed by atoms with Gasteiger partial charge in [-0.05, 0) is 18.6 Å². The maximum Gasteiger partial charge on any atom is 0.138 e. The summed E-state index contributed by atoms with van der Waals surface area (Å²) in [6.45, 7) is 3.89. The highest BCUT2D eigenvalue weighted by atomic mass is 15.3. The van der Waals surface area contributed by atoms with Crippen molar-refractivity contribution in [1.82, 2.24) is 14.8 Å². The summed E-state index contributed by atoms with van der Waals surface area (Å²) in [4.78, 5) is 3.86. The van der Waals surface area contributed by atoms with Crippen LogP contribution >= 0.6 is 0 Å². The van der Waals surface area contributed by atoms with Crippen molar-refractivity contribution in [1.29, 1.82) is 0 Å². The molecule has 1 heterocycles. The molecule has 3 nitrogen and oxygen atoms in total. The average molecular weight is 158 g/mol. The Bertz CT molecular complexity index is 365. The van der Waals surface area contributed by atoms with Crippen molar-refractivity contribution in [2.75, 3.05) is 0 Å². The summed E-state index contributed by atoms with van der Waals surface area (Å²) in [6.07, 6.45) is 3.16. The number of nitrogens with zero attached hydrogens (tertiary/aromatic N) is 3. The monoisotopic (exact) mass is 158 g/mol. The second kappa shape index (κ2) is 2.77. The van der Waals surface area contributed by atoms with Gasteiger partial charge in [-0.2, -0.15) is 5.10 Å². The molecule has 0 atom stereocenters. The molecule has 1 radical (unpaired) electrons. The van der Waals surface area contributed by atoms with E-state index in [1.54, 1.807) is 11.0 Å². The topological polar surface area (TPSA) is 30.7 Å². The Labute approximate surface area is 70.7 Å². The first-order valence-electron chi connectivity index (χ1n) is 3.64. The standard InChI is InChI=1S/C9H8N3/c1-8-4-2-3-5-9(8)12-7-10-6-11-12/h2-7H,1H2. The maximum absolute atomic E-state index is 4.01. The Kier molecular flexibility index (Phi) is 1.63. The minimum atomic E-state index is 0.947. The first kappa shape index (κ1) is 7.03. The molecule has 2 rings (SSSR count). The molecule has 1 aromatic heterocycles. The minimum absolute atomic E-state index is 0.947. The van der Waals surface area contributed by atoms with Crippen LogP contribution in [0.25, 0.3) is 5.69 Å². The van der Waals surface area contributed by atoms with Gasteiger partial charge in [0.2, 0.25) is 0 Å². The maximum atomic E-state index is 4.01. The number of hydrogen-bond acceptors (Lipinski definition) is 2. The fourth-order valence-electron chi connectivity index (χ4n) is 1.07. The molecule has 12 heavy (non-hydrogen) atoms. The van der Waals surface area contributed by atoms with Crippen molar-refractivity contribution >= 4 is 0 Å². The summed E-state index contributed by atoms with van der Waals surface area (Å²) in [6, 6.07) is 7.79. The highest BCUT2D eigenvalue weighted by Crippen LogP contribution is 2.10. The molecule has 0 aliphatic carbocycles. The molecule has 0 bridgehead atoms. The Morgan fingerprint density at radius 2 is 2.08 bits per heavy atom. The first-order valence-corrected chi connectivity index (χ1v) is 3.64. The second-order valence-corrected chi connectivity index (χ2v) is 2.47. The van der Waals surface area contributed by atoms with E-state index in [2.05, 4.69) is 17.0 Å². The lowest BCUT2D eigenvalue weighted by Crippen LogP contribution is -1.96. The van der Waals surface area contributed by atoms with Crippen LogP contribution in [0.3, 0.4) is 0 Å². The van der Waals surface area contributed by atoms with E-state index < -0.39 is 0 Å². The number of hydrogen-bond donors (Lipinski definition) is 0. The third-order valence-electron chi connectivity index (χ3n) is 1.66. The van der Waals surface area contributed by atoms with E-state index in [0.717, 1.165) is 11.3 Å². The van der Waals surface area contributed by atoms with Crippen LogP contribution in [-0.2, 0) is 0 Å². The molecule has 0 amide bonds. The van der Waals surface area contributed by atoms with Crippen LogP contribution in [0.1, 0.15) is 5.56 Å². The zero-order chi connectivity index (χ0) is 8.39. The SMILES string of the molecule is [CH2]c1ccccc1-n1cncn1. The van der Waals surface area contributed by atoms with E-state index in [9.17, 15) is 0 Å². The molecule has 3 heteroatoms. The summed E-state index contributed by atoms with van der Waals surface area (Å²) in [7, 11) is 0. The van der Waals surface area contributed by atoms with Crippen molar-refractivity contribution in [2.45, 2.75) is 0 Å². The molecular formula is C9H8N3. The molecule has 0 saturated carbocycles. The molecular weight excluding hydrogens is 150 g/mol. The Balaban J connectivity index is 2.55. The van der Waals surface area contributed by atoms with Gasteiger partial charge in [0.25, 0.3) is 0 Å². The normalized spacial score (nSPS) is 10.1. The molecule has 59 valence electrons. The summed E-state index contributed by atoms with van der Waals surface area (Å²) >= 11 is 0. The van der Waals surface area contributed by atoms with E-state index in [1.165, 1.54) is 6.33 Å². The van der Waals surface area contributed by atoms with Crippen LogP contribution in [0.4, 0.5) is 0 Å². The van der Waals surface area contributed by atoms with Gasteiger partial charge < -0.3 is 0 Å². The van der Waals surface area contributed by atoms with Gasteiger partial charge in [0.05, 0.1) is 5.69 Å². The number of aromatic nitrogens is 3. The summed E-state index contributed by atoms with van der Waals surface area (Å²) < 4.78 is 1.70. The summed E-state index contributed by atoms with van der Waals surface area (Å²) in [5, 5.41) is 4.01. The Hall–Kier alpha value is -1.64. The van der Waals surface area contributed by atoms with Crippen molar-refractivity contribution in [3.8, 4) is 5.69 Å². The largest absolute Gasteiger partial charge is 0.223 e. The second-order valence-electron chi connectivity index (χ2n) is 2.47. The van der Waals surface area contributed by atoms with Crippen LogP contribution < -0.4 is 0 Å². The van der Waals surface area contributed by atoms with Gasteiger partial charge in [0.15, 0.2) is 0 Å². The van der Waals surface area contributed by atoms with Gasteiger partial charge in [-0.3, -0.25) is 0 Å². The van der Waals surface area contributed by atoms with Crippen molar-refractivity contribution in [2.24, 2.45) is 0 Å². The summed E-state index contributed by atoms with van der Waals surface area (Å²) in [5.41, 5.74) is 1.91.